The Bertz CT molecular complexity index is 928. The Morgan fingerprint density at radius 2 is 1.82 bits per heavy atom. The maximum atomic E-state index is 12.9. The Morgan fingerprint density at radius 1 is 1.07 bits per heavy atom. The van der Waals surface area contributed by atoms with Crippen LogP contribution < -0.4 is 10.6 Å². The third kappa shape index (κ3) is 4.80. The second kappa shape index (κ2) is 9.23. The molecule has 2 aromatic heterocycles. The van der Waals surface area contributed by atoms with Crippen LogP contribution in [0.5, 0.6) is 0 Å². The third-order valence-corrected chi connectivity index (χ3v) is 5.24. The SMILES string of the molecule is CCC(C)C(NC(=O)c1ccccc1)C(=O)Nc1nc(-c2ccccn2)cs1. The Hall–Kier alpha value is -3.06. The fourth-order valence-corrected chi connectivity index (χ4v) is 3.37. The van der Waals surface area contributed by atoms with E-state index >= 15 is 0 Å². The van der Waals surface area contributed by atoms with Gasteiger partial charge in [0, 0.05) is 17.1 Å². The van der Waals surface area contributed by atoms with Crippen LogP contribution in [0.1, 0.15) is 30.6 Å². The first-order valence-electron chi connectivity index (χ1n) is 9.12. The van der Waals surface area contributed by atoms with Crippen molar-refractivity contribution in [1.82, 2.24) is 15.3 Å². The summed E-state index contributed by atoms with van der Waals surface area (Å²) in [7, 11) is 0. The molecule has 3 rings (SSSR count). The molecule has 0 saturated heterocycles. The molecule has 2 atom stereocenters. The second-order valence-corrected chi connectivity index (χ2v) is 7.30. The number of hydrogen-bond acceptors (Lipinski definition) is 5. The van der Waals surface area contributed by atoms with Crippen molar-refractivity contribution < 1.29 is 9.59 Å². The first kappa shape index (κ1) is 19.7. The minimum atomic E-state index is -0.653. The number of nitrogens with zero attached hydrogens (tertiary/aromatic N) is 2. The zero-order chi connectivity index (χ0) is 19.9. The van der Waals surface area contributed by atoms with E-state index in [2.05, 4.69) is 20.6 Å². The average molecular weight is 395 g/mol. The fourth-order valence-electron chi connectivity index (χ4n) is 2.66. The first-order valence-corrected chi connectivity index (χ1v) is 10.00. The quantitative estimate of drug-likeness (QED) is 0.635. The molecule has 3 aromatic rings. The molecule has 0 saturated carbocycles. The van der Waals surface area contributed by atoms with Gasteiger partial charge in [0.2, 0.25) is 5.91 Å². The molecule has 0 bridgehead atoms. The highest BCUT2D eigenvalue weighted by molar-refractivity contribution is 7.14. The number of pyridine rings is 1. The molecule has 7 heteroatoms. The summed E-state index contributed by atoms with van der Waals surface area (Å²) in [4.78, 5) is 34.1. The van der Waals surface area contributed by atoms with E-state index in [9.17, 15) is 9.59 Å². The summed E-state index contributed by atoms with van der Waals surface area (Å²) in [5.41, 5.74) is 1.97. The summed E-state index contributed by atoms with van der Waals surface area (Å²) < 4.78 is 0. The monoisotopic (exact) mass is 394 g/mol. The molecule has 0 aliphatic heterocycles. The number of anilines is 1. The average Bonchev–Trinajstić information content (AvgIpc) is 3.21. The predicted molar refractivity (Wildman–Crippen MR) is 111 cm³/mol. The summed E-state index contributed by atoms with van der Waals surface area (Å²) in [5.74, 6) is -0.571. The van der Waals surface area contributed by atoms with Crippen LogP contribution in [0.4, 0.5) is 5.13 Å². The van der Waals surface area contributed by atoms with Crippen molar-refractivity contribution in [3.05, 3.63) is 65.7 Å². The zero-order valence-electron chi connectivity index (χ0n) is 15.8. The summed E-state index contributed by atoms with van der Waals surface area (Å²) in [6.07, 6.45) is 2.45. The standard InChI is InChI=1S/C21H22N4O2S/c1-3-14(2)18(24-19(26)15-9-5-4-6-10-15)20(27)25-21-23-17(13-28-21)16-11-7-8-12-22-16/h4-14,18H,3H2,1-2H3,(H,24,26)(H,23,25,27). The molecule has 0 aliphatic rings. The molecule has 0 aliphatic carbocycles. The number of hydrogen-bond donors (Lipinski definition) is 2. The minimum Gasteiger partial charge on any atom is -0.340 e. The fraction of sp³-hybridized carbons (Fsp3) is 0.238. The summed E-state index contributed by atoms with van der Waals surface area (Å²) in [6.45, 7) is 3.93. The van der Waals surface area contributed by atoms with Gasteiger partial charge in [-0.25, -0.2) is 4.98 Å². The maximum absolute atomic E-state index is 12.9. The molecule has 2 unspecified atom stereocenters. The molecule has 0 radical (unpaired) electrons. The highest BCUT2D eigenvalue weighted by atomic mass is 32.1. The Balaban J connectivity index is 1.72. The summed E-state index contributed by atoms with van der Waals surface area (Å²) >= 11 is 1.33. The molecule has 28 heavy (non-hydrogen) atoms. The van der Waals surface area contributed by atoms with Crippen molar-refractivity contribution in [2.24, 2.45) is 5.92 Å². The summed E-state index contributed by atoms with van der Waals surface area (Å²) in [6, 6.07) is 13.8. The molecule has 0 fully saturated rings. The molecule has 6 nitrogen and oxygen atoms in total. The number of carbonyl (C=O) groups is 2. The van der Waals surface area contributed by atoms with Crippen LogP contribution >= 0.6 is 11.3 Å². The van der Waals surface area contributed by atoms with Crippen LogP contribution in [-0.2, 0) is 4.79 Å². The number of aromatic nitrogens is 2. The predicted octanol–water partition coefficient (Wildman–Crippen LogP) is 3.99. The third-order valence-electron chi connectivity index (χ3n) is 4.48. The van der Waals surface area contributed by atoms with Crippen molar-refractivity contribution in [3.63, 3.8) is 0 Å². The van der Waals surface area contributed by atoms with Crippen LogP contribution in [0.25, 0.3) is 11.4 Å². The number of thiazole rings is 1. The van der Waals surface area contributed by atoms with E-state index in [1.165, 1.54) is 11.3 Å². The molecule has 2 amide bonds. The van der Waals surface area contributed by atoms with Gasteiger partial charge >= 0.3 is 0 Å². The lowest BCUT2D eigenvalue weighted by Crippen LogP contribution is -2.47. The van der Waals surface area contributed by atoms with Crippen molar-refractivity contribution in [3.8, 4) is 11.4 Å². The van der Waals surface area contributed by atoms with Crippen molar-refractivity contribution in [2.75, 3.05) is 5.32 Å². The van der Waals surface area contributed by atoms with Gasteiger partial charge in [0.25, 0.3) is 5.91 Å². The maximum Gasteiger partial charge on any atom is 0.251 e. The van der Waals surface area contributed by atoms with Gasteiger partial charge in [0.15, 0.2) is 5.13 Å². The van der Waals surface area contributed by atoms with Crippen molar-refractivity contribution >= 4 is 28.3 Å². The lowest BCUT2D eigenvalue weighted by atomic mass is 9.98. The lowest BCUT2D eigenvalue weighted by molar-refractivity contribution is -0.119. The van der Waals surface area contributed by atoms with E-state index in [0.29, 0.717) is 16.4 Å². The second-order valence-electron chi connectivity index (χ2n) is 6.44. The Morgan fingerprint density at radius 3 is 2.50 bits per heavy atom. The molecule has 144 valence electrons. The van der Waals surface area contributed by atoms with Gasteiger partial charge in [-0.1, -0.05) is 44.5 Å². The van der Waals surface area contributed by atoms with Crippen LogP contribution in [0.3, 0.4) is 0 Å². The van der Waals surface area contributed by atoms with Gasteiger partial charge in [-0.05, 0) is 30.2 Å². The smallest absolute Gasteiger partial charge is 0.251 e. The minimum absolute atomic E-state index is 0.0251. The molecule has 2 N–H and O–H groups in total. The number of benzene rings is 1. The van der Waals surface area contributed by atoms with Crippen molar-refractivity contribution in [1.29, 1.82) is 0 Å². The molecule has 2 heterocycles. The van der Waals surface area contributed by atoms with E-state index < -0.39 is 6.04 Å². The van der Waals surface area contributed by atoms with E-state index in [-0.39, 0.29) is 17.7 Å². The van der Waals surface area contributed by atoms with E-state index in [4.69, 9.17) is 0 Å². The first-order chi connectivity index (χ1) is 13.6. The van der Waals surface area contributed by atoms with Crippen LogP contribution in [0, 0.1) is 5.92 Å². The largest absolute Gasteiger partial charge is 0.340 e. The van der Waals surface area contributed by atoms with Crippen LogP contribution in [-0.4, -0.2) is 27.8 Å². The molecular weight excluding hydrogens is 372 g/mol. The number of rotatable bonds is 7. The zero-order valence-corrected chi connectivity index (χ0v) is 16.6. The topological polar surface area (TPSA) is 84.0 Å². The van der Waals surface area contributed by atoms with Gasteiger partial charge in [0.1, 0.15) is 11.7 Å². The Labute approximate surface area is 168 Å². The Kier molecular flexibility index (Phi) is 6.49. The lowest BCUT2D eigenvalue weighted by Gasteiger charge is -2.23. The number of carbonyl (C=O) groups excluding carboxylic acids is 2. The van der Waals surface area contributed by atoms with E-state index in [1.807, 2.05) is 43.5 Å². The molecule has 1 aromatic carbocycles. The highest BCUT2D eigenvalue weighted by Gasteiger charge is 2.27. The van der Waals surface area contributed by atoms with E-state index in [1.54, 1.807) is 30.5 Å². The van der Waals surface area contributed by atoms with Gasteiger partial charge in [-0.2, -0.15) is 0 Å². The molecule has 0 spiro atoms. The molecular formula is C21H22N4O2S. The van der Waals surface area contributed by atoms with E-state index in [0.717, 1.165) is 12.1 Å². The van der Waals surface area contributed by atoms with Gasteiger partial charge in [0.05, 0.1) is 5.69 Å². The van der Waals surface area contributed by atoms with Crippen molar-refractivity contribution in [2.45, 2.75) is 26.3 Å². The van der Waals surface area contributed by atoms with Gasteiger partial charge in [-0.3, -0.25) is 14.6 Å². The summed E-state index contributed by atoms with van der Waals surface area (Å²) in [5, 5.41) is 8.01. The van der Waals surface area contributed by atoms with Gasteiger partial charge < -0.3 is 10.6 Å². The number of amides is 2. The number of nitrogens with one attached hydrogen (secondary N) is 2. The van der Waals surface area contributed by atoms with Gasteiger partial charge in [-0.15, -0.1) is 11.3 Å². The van der Waals surface area contributed by atoms with Crippen LogP contribution in [0.15, 0.2) is 60.1 Å². The van der Waals surface area contributed by atoms with Crippen LogP contribution in [0.2, 0.25) is 0 Å². The normalized spacial score (nSPS) is 12.8. The highest BCUT2D eigenvalue weighted by Crippen LogP contribution is 2.23.